The van der Waals surface area contributed by atoms with Crippen LogP contribution in [-0.4, -0.2) is 39.7 Å². The molecule has 0 amide bonds. The molecule has 200 valence electrons. The van der Waals surface area contributed by atoms with E-state index in [1.165, 1.54) is 40.0 Å². The highest BCUT2D eigenvalue weighted by atomic mass is 15.5. The number of aromatic amines is 1. The highest BCUT2D eigenvalue weighted by molar-refractivity contribution is 5.85. The normalized spacial score (nSPS) is 12.9. The molecular formula is C32H32N8. The Labute approximate surface area is 233 Å². The number of aryl methyl sites for hydroxylation is 3. The van der Waals surface area contributed by atoms with Crippen molar-refractivity contribution in [3.63, 3.8) is 0 Å². The maximum atomic E-state index is 5.12. The zero-order valence-electron chi connectivity index (χ0n) is 23.1. The monoisotopic (exact) mass is 528 g/mol. The van der Waals surface area contributed by atoms with Crippen molar-refractivity contribution in [2.24, 2.45) is 7.05 Å². The molecule has 0 radical (unpaired) electrons. The van der Waals surface area contributed by atoms with Crippen LogP contribution in [0.4, 0.5) is 0 Å². The molecule has 6 aromatic rings. The summed E-state index contributed by atoms with van der Waals surface area (Å²) in [7, 11) is 2.16. The number of rotatable bonds is 7. The maximum absolute atomic E-state index is 5.12. The molecule has 1 aliphatic rings. The highest BCUT2D eigenvalue weighted by Gasteiger charge is 2.22. The number of hydrogen-bond donors (Lipinski definition) is 1. The predicted molar refractivity (Wildman–Crippen MR) is 157 cm³/mol. The van der Waals surface area contributed by atoms with Crippen molar-refractivity contribution in [3.05, 3.63) is 89.0 Å². The molecule has 0 atom stereocenters. The Morgan fingerprint density at radius 2 is 1.75 bits per heavy atom. The van der Waals surface area contributed by atoms with Crippen LogP contribution in [0.1, 0.15) is 48.1 Å². The van der Waals surface area contributed by atoms with E-state index >= 15 is 0 Å². The van der Waals surface area contributed by atoms with Crippen molar-refractivity contribution in [2.45, 2.75) is 52.5 Å². The first kappa shape index (κ1) is 24.5. The minimum absolute atomic E-state index is 0.665. The van der Waals surface area contributed by atoms with E-state index in [4.69, 9.17) is 9.97 Å². The summed E-state index contributed by atoms with van der Waals surface area (Å²) in [6, 6.07) is 21.5. The summed E-state index contributed by atoms with van der Waals surface area (Å²) in [4.78, 5) is 10.2. The first-order valence-electron chi connectivity index (χ1n) is 14.1. The first-order valence-corrected chi connectivity index (χ1v) is 14.1. The van der Waals surface area contributed by atoms with Gasteiger partial charge in [-0.1, -0.05) is 55.5 Å². The van der Waals surface area contributed by atoms with Crippen LogP contribution >= 0.6 is 0 Å². The summed E-state index contributed by atoms with van der Waals surface area (Å²) in [6.07, 6.45) is 5.40. The van der Waals surface area contributed by atoms with Crippen LogP contribution in [0.5, 0.6) is 0 Å². The molecule has 0 spiro atoms. The fourth-order valence-electron chi connectivity index (χ4n) is 6.13. The zero-order chi connectivity index (χ0) is 27.2. The van der Waals surface area contributed by atoms with Gasteiger partial charge in [0.1, 0.15) is 11.6 Å². The van der Waals surface area contributed by atoms with Gasteiger partial charge < -0.3 is 9.13 Å². The van der Waals surface area contributed by atoms with Crippen LogP contribution < -0.4 is 0 Å². The Morgan fingerprint density at radius 3 is 2.50 bits per heavy atom. The Balaban J connectivity index is 1.27. The fraction of sp³-hybridized carbons (Fsp3) is 0.281. The van der Waals surface area contributed by atoms with Crippen molar-refractivity contribution in [1.82, 2.24) is 39.7 Å². The van der Waals surface area contributed by atoms with Gasteiger partial charge in [-0.3, -0.25) is 0 Å². The molecule has 8 heteroatoms. The van der Waals surface area contributed by atoms with Gasteiger partial charge in [0.2, 0.25) is 0 Å². The molecule has 0 bridgehead atoms. The zero-order valence-corrected chi connectivity index (χ0v) is 23.1. The van der Waals surface area contributed by atoms with Crippen LogP contribution in [0.25, 0.3) is 44.9 Å². The molecule has 0 saturated carbocycles. The molecule has 3 heterocycles. The minimum Gasteiger partial charge on any atom is -0.331 e. The number of aromatic nitrogens is 8. The molecule has 3 aromatic heterocycles. The van der Waals surface area contributed by atoms with Crippen molar-refractivity contribution in [1.29, 1.82) is 0 Å². The summed E-state index contributed by atoms with van der Waals surface area (Å²) < 4.78 is 4.69. The van der Waals surface area contributed by atoms with Crippen molar-refractivity contribution < 1.29 is 0 Å². The van der Waals surface area contributed by atoms with Crippen molar-refractivity contribution >= 4 is 11.0 Å². The fourth-order valence-corrected chi connectivity index (χ4v) is 6.13. The molecule has 40 heavy (non-hydrogen) atoms. The van der Waals surface area contributed by atoms with Gasteiger partial charge in [0, 0.05) is 36.8 Å². The van der Waals surface area contributed by atoms with Crippen molar-refractivity contribution in [3.8, 4) is 33.9 Å². The molecule has 0 fully saturated rings. The van der Waals surface area contributed by atoms with Gasteiger partial charge in [0.25, 0.3) is 0 Å². The number of hydrogen-bond acceptors (Lipinski definition) is 5. The minimum atomic E-state index is 0.665. The van der Waals surface area contributed by atoms with E-state index in [1.54, 1.807) is 0 Å². The number of imidazole rings is 2. The second kappa shape index (κ2) is 9.86. The van der Waals surface area contributed by atoms with E-state index < -0.39 is 0 Å². The second-order valence-electron chi connectivity index (χ2n) is 10.8. The molecule has 7 rings (SSSR count). The number of H-pyrrole nitrogens is 1. The van der Waals surface area contributed by atoms with Crippen LogP contribution in [-0.2, 0) is 32.9 Å². The van der Waals surface area contributed by atoms with Crippen LogP contribution in [0, 0.1) is 6.92 Å². The van der Waals surface area contributed by atoms with Gasteiger partial charge in [0.15, 0.2) is 5.82 Å². The Morgan fingerprint density at radius 1 is 0.925 bits per heavy atom. The van der Waals surface area contributed by atoms with E-state index in [2.05, 4.69) is 93.1 Å². The number of nitrogens with zero attached hydrogens (tertiary/aromatic N) is 7. The first-order chi connectivity index (χ1) is 19.6. The summed E-state index contributed by atoms with van der Waals surface area (Å²) >= 11 is 0. The molecular weight excluding hydrogens is 496 g/mol. The molecule has 3 aromatic carbocycles. The summed E-state index contributed by atoms with van der Waals surface area (Å²) in [5.41, 5.74) is 11.7. The second-order valence-corrected chi connectivity index (χ2v) is 10.8. The van der Waals surface area contributed by atoms with Gasteiger partial charge in [-0.25, -0.2) is 15.1 Å². The lowest BCUT2D eigenvalue weighted by atomic mass is 9.98. The van der Waals surface area contributed by atoms with Gasteiger partial charge in [-0.15, -0.1) is 5.10 Å². The van der Waals surface area contributed by atoms with E-state index in [9.17, 15) is 0 Å². The standard InChI is InChI=1S/C32H32N8/c1-4-8-29-34-30-20(2)17-23(32-33-26-11-7-12-27(26)39(32)3)18-28(30)40(29)19-21-13-15-22(16-14-21)24-9-5-6-10-25(24)31-35-37-38-36-31/h5-6,9-10,13-18H,4,7-8,11-12,19H2,1-3H3,(H,35,36,37,38). The van der Waals surface area contributed by atoms with Crippen LogP contribution in [0.15, 0.2) is 60.7 Å². The van der Waals surface area contributed by atoms with E-state index in [1.807, 2.05) is 18.2 Å². The Kier molecular flexibility index (Phi) is 6.03. The average Bonchev–Trinajstić information content (AvgIpc) is 3.77. The van der Waals surface area contributed by atoms with E-state index in [0.717, 1.165) is 66.1 Å². The topological polar surface area (TPSA) is 90.1 Å². The number of nitrogens with one attached hydrogen (secondary N) is 1. The van der Waals surface area contributed by atoms with E-state index in [0.29, 0.717) is 5.82 Å². The number of benzene rings is 3. The van der Waals surface area contributed by atoms with Crippen molar-refractivity contribution in [2.75, 3.05) is 0 Å². The smallest absolute Gasteiger partial charge is 0.180 e. The third-order valence-electron chi connectivity index (χ3n) is 8.11. The third-order valence-corrected chi connectivity index (χ3v) is 8.11. The lowest BCUT2D eigenvalue weighted by Gasteiger charge is -2.12. The van der Waals surface area contributed by atoms with E-state index in [-0.39, 0.29) is 0 Å². The quantitative estimate of drug-likeness (QED) is 0.271. The summed E-state index contributed by atoms with van der Waals surface area (Å²) in [5, 5.41) is 14.5. The average molecular weight is 529 g/mol. The molecule has 8 nitrogen and oxygen atoms in total. The van der Waals surface area contributed by atoms with Crippen LogP contribution in [0.3, 0.4) is 0 Å². The van der Waals surface area contributed by atoms with Crippen LogP contribution in [0.2, 0.25) is 0 Å². The number of tetrazole rings is 1. The SMILES string of the molecule is CCCc1nc2c(C)cc(-c3nc4c(n3C)CCC4)cc2n1Cc1ccc(-c2ccccc2-c2nnn[nH]2)cc1. The molecule has 0 aliphatic heterocycles. The lowest BCUT2D eigenvalue weighted by Crippen LogP contribution is -2.05. The molecule has 0 saturated heterocycles. The van der Waals surface area contributed by atoms with Gasteiger partial charge in [-0.05, 0) is 77.4 Å². The lowest BCUT2D eigenvalue weighted by molar-refractivity contribution is 0.722. The Hall–Kier alpha value is -4.59. The maximum Gasteiger partial charge on any atom is 0.180 e. The predicted octanol–water partition coefficient (Wildman–Crippen LogP) is 6.08. The summed E-state index contributed by atoms with van der Waals surface area (Å²) in [5.74, 6) is 2.86. The molecule has 0 unspecified atom stereocenters. The van der Waals surface area contributed by atoms with Gasteiger partial charge >= 0.3 is 0 Å². The summed E-state index contributed by atoms with van der Waals surface area (Å²) in [6.45, 7) is 5.15. The molecule has 1 N–H and O–H groups in total. The van der Waals surface area contributed by atoms with Gasteiger partial charge in [0.05, 0.1) is 16.7 Å². The highest BCUT2D eigenvalue weighted by Crippen LogP contribution is 2.33. The van der Waals surface area contributed by atoms with Gasteiger partial charge in [-0.2, -0.15) is 0 Å². The third kappa shape index (κ3) is 4.11. The number of fused-ring (bicyclic) bond motifs is 2. The molecule has 1 aliphatic carbocycles. The largest absolute Gasteiger partial charge is 0.331 e. The Bertz CT molecular complexity index is 1820.